The zero-order valence-electron chi connectivity index (χ0n) is 14.3. The Balaban J connectivity index is 2.31. The van der Waals surface area contributed by atoms with E-state index in [9.17, 15) is 4.79 Å². The van der Waals surface area contributed by atoms with Crippen LogP contribution in [-0.4, -0.2) is 46.5 Å². The number of carbonyl (C=O) groups excluding carboxylic acids is 1. The van der Waals surface area contributed by atoms with Gasteiger partial charge in [0.15, 0.2) is 0 Å². The Labute approximate surface area is 133 Å². The number of piperidine rings is 1. The topological polar surface area (TPSA) is 49.3 Å². The van der Waals surface area contributed by atoms with Gasteiger partial charge in [-0.1, -0.05) is 6.92 Å². The van der Waals surface area contributed by atoms with Crippen molar-refractivity contribution < 1.29 is 4.79 Å². The molecule has 1 atom stereocenters. The normalized spacial score (nSPS) is 18.4. The number of aryl methyl sites for hydroxylation is 1. The van der Waals surface area contributed by atoms with Gasteiger partial charge in [0.1, 0.15) is 5.69 Å². The predicted molar refractivity (Wildman–Crippen MR) is 89.3 cm³/mol. The van der Waals surface area contributed by atoms with Crippen LogP contribution < -0.4 is 4.90 Å². The number of hydrogen-bond donors (Lipinski definition) is 0. The van der Waals surface area contributed by atoms with Crippen LogP contribution in [0.4, 0.5) is 5.95 Å². The highest BCUT2D eigenvalue weighted by molar-refractivity contribution is 5.92. The third-order valence-electron chi connectivity index (χ3n) is 4.47. The first-order chi connectivity index (χ1) is 10.6. The first kappa shape index (κ1) is 16.7. The quantitative estimate of drug-likeness (QED) is 0.839. The van der Waals surface area contributed by atoms with Crippen molar-refractivity contribution >= 4 is 11.9 Å². The van der Waals surface area contributed by atoms with E-state index in [0.717, 1.165) is 24.6 Å². The van der Waals surface area contributed by atoms with E-state index in [1.807, 2.05) is 20.8 Å². The number of carbonyl (C=O) groups is 1. The summed E-state index contributed by atoms with van der Waals surface area (Å²) in [6, 6.07) is 2.29. The molecule has 1 saturated heterocycles. The second-order valence-corrected chi connectivity index (χ2v) is 5.92. The van der Waals surface area contributed by atoms with Crippen molar-refractivity contribution in [1.82, 2.24) is 14.9 Å². The molecule has 1 aromatic rings. The lowest BCUT2D eigenvalue weighted by molar-refractivity contribution is 0.0767. The molecule has 0 radical (unpaired) electrons. The second-order valence-electron chi connectivity index (χ2n) is 5.92. The maximum absolute atomic E-state index is 12.6. The van der Waals surface area contributed by atoms with E-state index in [4.69, 9.17) is 0 Å². The highest BCUT2D eigenvalue weighted by atomic mass is 16.2. The van der Waals surface area contributed by atoms with Crippen molar-refractivity contribution in [1.29, 1.82) is 0 Å². The van der Waals surface area contributed by atoms with Crippen molar-refractivity contribution in [2.45, 2.75) is 59.4 Å². The Morgan fingerprint density at radius 3 is 2.64 bits per heavy atom. The van der Waals surface area contributed by atoms with Gasteiger partial charge in [0.25, 0.3) is 5.91 Å². The Bertz CT molecular complexity index is 513. The summed E-state index contributed by atoms with van der Waals surface area (Å²) < 4.78 is 0. The highest BCUT2D eigenvalue weighted by Gasteiger charge is 2.25. The second kappa shape index (κ2) is 7.56. The molecule has 22 heavy (non-hydrogen) atoms. The summed E-state index contributed by atoms with van der Waals surface area (Å²) in [6.07, 6.45) is 4.73. The van der Waals surface area contributed by atoms with Gasteiger partial charge in [-0.25, -0.2) is 9.97 Å². The fourth-order valence-electron chi connectivity index (χ4n) is 3.15. The number of amides is 1. The standard InChI is InChI=1S/C17H28N4O/c1-5-14-10-8-9-11-21(14)17-18-13(4)12-15(19-17)16(22)20(6-2)7-3/h12,14H,5-11H2,1-4H3. The number of rotatable bonds is 5. The van der Waals surface area contributed by atoms with Gasteiger partial charge in [0.2, 0.25) is 5.95 Å². The molecule has 122 valence electrons. The molecule has 0 aromatic carbocycles. The SMILES string of the molecule is CCC1CCCCN1c1nc(C)cc(C(=O)N(CC)CC)n1. The Morgan fingerprint density at radius 2 is 2.00 bits per heavy atom. The average Bonchev–Trinajstić information content (AvgIpc) is 2.55. The highest BCUT2D eigenvalue weighted by Crippen LogP contribution is 2.24. The van der Waals surface area contributed by atoms with E-state index in [0.29, 0.717) is 24.8 Å². The Kier molecular flexibility index (Phi) is 5.75. The van der Waals surface area contributed by atoms with Gasteiger partial charge in [-0.05, 0) is 52.5 Å². The van der Waals surface area contributed by atoms with Crippen LogP contribution in [0.2, 0.25) is 0 Å². The van der Waals surface area contributed by atoms with Crippen molar-refractivity contribution in [2.75, 3.05) is 24.5 Å². The zero-order chi connectivity index (χ0) is 16.1. The fourth-order valence-corrected chi connectivity index (χ4v) is 3.15. The molecule has 5 nitrogen and oxygen atoms in total. The molecule has 0 N–H and O–H groups in total. The van der Waals surface area contributed by atoms with Crippen LogP contribution in [0.25, 0.3) is 0 Å². The summed E-state index contributed by atoms with van der Waals surface area (Å²) in [5.41, 5.74) is 1.38. The average molecular weight is 304 g/mol. The van der Waals surface area contributed by atoms with Gasteiger partial charge in [-0.15, -0.1) is 0 Å². The van der Waals surface area contributed by atoms with Crippen molar-refractivity contribution in [3.63, 3.8) is 0 Å². The van der Waals surface area contributed by atoms with Crippen molar-refractivity contribution in [3.05, 3.63) is 17.5 Å². The number of nitrogens with zero attached hydrogens (tertiary/aromatic N) is 4. The summed E-state index contributed by atoms with van der Waals surface area (Å²) in [6.45, 7) is 10.5. The lowest BCUT2D eigenvalue weighted by Gasteiger charge is -2.35. The molecule has 1 aliphatic rings. The predicted octanol–water partition coefficient (Wildman–Crippen LogP) is 3.04. The lowest BCUT2D eigenvalue weighted by atomic mass is 10.0. The molecule has 2 heterocycles. The fraction of sp³-hybridized carbons (Fsp3) is 0.706. The Morgan fingerprint density at radius 1 is 1.27 bits per heavy atom. The molecule has 2 rings (SSSR count). The van der Waals surface area contributed by atoms with E-state index in [1.54, 1.807) is 11.0 Å². The van der Waals surface area contributed by atoms with E-state index < -0.39 is 0 Å². The molecule has 1 amide bonds. The molecule has 0 aliphatic carbocycles. The smallest absolute Gasteiger partial charge is 0.272 e. The minimum atomic E-state index is 0.00167. The maximum atomic E-state index is 12.6. The first-order valence-corrected chi connectivity index (χ1v) is 8.52. The van der Waals surface area contributed by atoms with Gasteiger partial charge < -0.3 is 9.80 Å². The van der Waals surface area contributed by atoms with Gasteiger partial charge in [0.05, 0.1) is 0 Å². The van der Waals surface area contributed by atoms with Crippen LogP contribution in [0.5, 0.6) is 0 Å². The molecular formula is C17H28N4O. The summed E-state index contributed by atoms with van der Waals surface area (Å²) in [4.78, 5) is 25.8. The summed E-state index contributed by atoms with van der Waals surface area (Å²) in [5, 5.41) is 0. The maximum Gasteiger partial charge on any atom is 0.272 e. The van der Waals surface area contributed by atoms with Gasteiger partial charge in [-0.3, -0.25) is 4.79 Å². The van der Waals surface area contributed by atoms with E-state index in [-0.39, 0.29) is 5.91 Å². The molecule has 0 spiro atoms. The lowest BCUT2D eigenvalue weighted by Crippen LogP contribution is -2.41. The van der Waals surface area contributed by atoms with Crippen LogP contribution in [0.3, 0.4) is 0 Å². The van der Waals surface area contributed by atoms with Gasteiger partial charge >= 0.3 is 0 Å². The minimum Gasteiger partial charge on any atom is -0.338 e. The third-order valence-corrected chi connectivity index (χ3v) is 4.47. The number of hydrogen-bond acceptors (Lipinski definition) is 4. The Hall–Kier alpha value is -1.65. The molecule has 1 unspecified atom stereocenters. The summed E-state index contributed by atoms with van der Waals surface area (Å²) in [5.74, 6) is 0.726. The molecule has 0 saturated carbocycles. The van der Waals surface area contributed by atoms with Gasteiger partial charge in [-0.2, -0.15) is 0 Å². The first-order valence-electron chi connectivity index (χ1n) is 8.52. The summed E-state index contributed by atoms with van der Waals surface area (Å²) >= 11 is 0. The number of aromatic nitrogens is 2. The molecule has 1 aromatic heterocycles. The van der Waals surface area contributed by atoms with E-state index in [1.165, 1.54) is 19.3 Å². The molecule has 0 bridgehead atoms. The van der Waals surface area contributed by atoms with E-state index >= 15 is 0 Å². The summed E-state index contributed by atoms with van der Waals surface area (Å²) in [7, 11) is 0. The van der Waals surface area contributed by atoms with Crippen molar-refractivity contribution in [2.24, 2.45) is 0 Å². The zero-order valence-corrected chi connectivity index (χ0v) is 14.3. The van der Waals surface area contributed by atoms with Crippen LogP contribution in [0.1, 0.15) is 62.6 Å². The number of anilines is 1. The molecule has 5 heteroatoms. The molecular weight excluding hydrogens is 276 g/mol. The molecule has 1 fully saturated rings. The van der Waals surface area contributed by atoms with Crippen LogP contribution in [0, 0.1) is 6.92 Å². The van der Waals surface area contributed by atoms with E-state index in [2.05, 4.69) is 21.8 Å². The van der Waals surface area contributed by atoms with Crippen LogP contribution in [-0.2, 0) is 0 Å². The largest absolute Gasteiger partial charge is 0.338 e. The third kappa shape index (κ3) is 3.57. The monoisotopic (exact) mass is 304 g/mol. The minimum absolute atomic E-state index is 0.00167. The van der Waals surface area contributed by atoms with Crippen LogP contribution in [0.15, 0.2) is 6.07 Å². The van der Waals surface area contributed by atoms with Gasteiger partial charge in [0, 0.05) is 31.4 Å². The van der Waals surface area contributed by atoms with Crippen LogP contribution >= 0.6 is 0 Å². The molecule has 1 aliphatic heterocycles. The van der Waals surface area contributed by atoms with Crippen molar-refractivity contribution in [3.8, 4) is 0 Å².